The van der Waals surface area contributed by atoms with Crippen LogP contribution in [0.15, 0.2) is 23.2 Å². The molecule has 0 fully saturated rings. The molecule has 1 rings (SSSR count). The van der Waals surface area contributed by atoms with Gasteiger partial charge in [0.2, 0.25) is 0 Å². The minimum absolute atomic E-state index is 0.610. The summed E-state index contributed by atoms with van der Waals surface area (Å²) in [4.78, 5) is 9.00. The van der Waals surface area contributed by atoms with E-state index in [9.17, 15) is 0 Å². The van der Waals surface area contributed by atoms with Crippen LogP contribution in [0, 0.1) is 12.8 Å². The summed E-state index contributed by atoms with van der Waals surface area (Å²) in [7, 11) is 0. The predicted molar refractivity (Wildman–Crippen MR) is 81.2 cm³/mol. The minimum Gasteiger partial charge on any atom is -0.357 e. The first-order chi connectivity index (χ1) is 9.11. The molecule has 19 heavy (non-hydrogen) atoms. The Morgan fingerprint density at radius 1 is 1.32 bits per heavy atom. The SMILES string of the molecule is CCNC(=NCc1cccc(C)n1)NCCC(C)C. The molecule has 1 heterocycles. The summed E-state index contributed by atoms with van der Waals surface area (Å²) in [6.07, 6.45) is 1.15. The maximum Gasteiger partial charge on any atom is 0.191 e. The molecule has 0 saturated carbocycles. The van der Waals surface area contributed by atoms with E-state index in [1.54, 1.807) is 0 Å². The molecule has 2 N–H and O–H groups in total. The summed E-state index contributed by atoms with van der Waals surface area (Å²) >= 11 is 0. The van der Waals surface area contributed by atoms with Crippen LogP contribution in [0.5, 0.6) is 0 Å². The second-order valence-corrected chi connectivity index (χ2v) is 5.07. The fraction of sp³-hybridized carbons (Fsp3) is 0.600. The van der Waals surface area contributed by atoms with Crippen molar-refractivity contribution in [1.29, 1.82) is 0 Å². The third-order valence-electron chi connectivity index (χ3n) is 2.70. The Morgan fingerprint density at radius 2 is 2.11 bits per heavy atom. The van der Waals surface area contributed by atoms with Gasteiger partial charge in [0.1, 0.15) is 0 Å². The highest BCUT2D eigenvalue weighted by Gasteiger charge is 1.99. The Morgan fingerprint density at radius 3 is 2.74 bits per heavy atom. The molecular formula is C15H26N4. The average Bonchev–Trinajstić information content (AvgIpc) is 2.35. The summed E-state index contributed by atoms with van der Waals surface area (Å²) in [5, 5.41) is 6.60. The number of nitrogens with one attached hydrogen (secondary N) is 2. The lowest BCUT2D eigenvalue weighted by Gasteiger charge is -2.12. The van der Waals surface area contributed by atoms with Crippen molar-refractivity contribution in [3.05, 3.63) is 29.6 Å². The van der Waals surface area contributed by atoms with Crippen molar-refractivity contribution >= 4 is 5.96 Å². The second kappa shape index (κ2) is 8.51. The number of aliphatic imine (C=N–C) groups is 1. The third-order valence-corrected chi connectivity index (χ3v) is 2.70. The van der Waals surface area contributed by atoms with Crippen LogP contribution < -0.4 is 10.6 Å². The van der Waals surface area contributed by atoms with E-state index in [2.05, 4.69) is 41.4 Å². The first-order valence-electron chi connectivity index (χ1n) is 7.06. The number of rotatable bonds is 6. The highest BCUT2D eigenvalue weighted by atomic mass is 15.2. The van der Waals surface area contributed by atoms with Gasteiger partial charge in [-0.2, -0.15) is 0 Å². The number of aromatic nitrogens is 1. The largest absolute Gasteiger partial charge is 0.357 e. The van der Waals surface area contributed by atoms with Gasteiger partial charge in [-0.1, -0.05) is 19.9 Å². The Balaban J connectivity index is 2.52. The molecule has 0 aliphatic rings. The van der Waals surface area contributed by atoms with E-state index in [-0.39, 0.29) is 0 Å². The van der Waals surface area contributed by atoms with Crippen LogP contribution in [0.25, 0.3) is 0 Å². The van der Waals surface area contributed by atoms with Crippen LogP contribution in [0.2, 0.25) is 0 Å². The molecule has 1 aromatic rings. The number of aryl methyl sites for hydroxylation is 1. The van der Waals surface area contributed by atoms with Gasteiger partial charge in [-0.25, -0.2) is 4.99 Å². The van der Waals surface area contributed by atoms with E-state index in [0.29, 0.717) is 12.5 Å². The van der Waals surface area contributed by atoms with E-state index in [4.69, 9.17) is 0 Å². The van der Waals surface area contributed by atoms with E-state index in [1.807, 2.05) is 25.1 Å². The molecule has 0 unspecified atom stereocenters. The number of nitrogens with zero attached hydrogens (tertiary/aromatic N) is 2. The molecular weight excluding hydrogens is 236 g/mol. The first kappa shape index (κ1) is 15.5. The monoisotopic (exact) mass is 262 g/mol. The van der Waals surface area contributed by atoms with E-state index in [0.717, 1.165) is 36.9 Å². The maximum absolute atomic E-state index is 4.55. The van der Waals surface area contributed by atoms with Crippen molar-refractivity contribution in [3.63, 3.8) is 0 Å². The zero-order chi connectivity index (χ0) is 14.1. The lowest BCUT2D eigenvalue weighted by molar-refractivity contribution is 0.573. The first-order valence-corrected chi connectivity index (χ1v) is 7.06. The molecule has 106 valence electrons. The van der Waals surface area contributed by atoms with Crippen LogP contribution in [-0.2, 0) is 6.54 Å². The van der Waals surface area contributed by atoms with Crippen molar-refractivity contribution in [2.24, 2.45) is 10.9 Å². The number of hydrogen-bond donors (Lipinski definition) is 2. The van der Waals surface area contributed by atoms with Gasteiger partial charge in [-0.05, 0) is 38.3 Å². The predicted octanol–water partition coefficient (Wildman–Crippen LogP) is 2.49. The second-order valence-electron chi connectivity index (χ2n) is 5.07. The van der Waals surface area contributed by atoms with Crippen LogP contribution >= 0.6 is 0 Å². The Hall–Kier alpha value is -1.58. The zero-order valence-corrected chi connectivity index (χ0v) is 12.5. The van der Waals surface area contributed by atoms with Gasteiger partial charge in [-0.15, -0.1) is 0 Å². The minimum atomic E-state index is 0.610. The average molecular weight is 262 g/mol. The van der Waals surface area contributed by atoms with Gasteiger partial charge >= 0.3 is 0 Å². The topological polar surface area (TPSA) is 49.3 Å². The van der Waals surface area contributed by atoms with Crippen molar-refractivity contribution in [2.45, 2.75) is 40.7 Å². The molecule has 0 aromatic carbocycles. The summed E-state index contributed by atoms with van der Waals surface area (Å²) in [5.41, 5.74) is 2.03. The summed E-state index contributed by atoms with van der Waals surface area (Å²) < 4.78 is 0. The molecule has 0 aliphatic heterocycles. The Bertz CT molecular complexity index is 399. The standard InChI is InChI=1S/C15H26N4/c1-5-16-15(17-10-9-12(2)3)18-11-14-8-6-7-13(4)19-14/h6-8,12H,5,9-11H2,1-4H3,(H2,16,17,18). The molecule has 4 heteroatoms. The third kappa shape index (κ3) is 6.79. The van der Waals surface area contributed by atoms with Gasteiger partial charge in [0.25, 0.3) is 0 Å². The summed E-state index contributed by atoms with van der Waals surface area (Å²) in [6, 6.07) is 6.03. The van der Waals surface area contributed by atoms with Crippen molar-refractivity contribution in [2.75, 3.05) is 13.1 Å². The number of guanidine groups is 1. The van der Waals surface area contributed by atoms with Crippen molar-refractivity contribution < 1.29 is 0 Å². The molecule has 0 bridgehead atoms. The van der Waals surface area contributed by atoms with E-state index >= 15 is 0 Å². The molecule has 0 amide bonds. The van der Waals surface area contributed by atoms with Gasteiger partial charge in [0, 0.05) is 18.8 Å². The highest BCUT2D eigenvalue weighted by molar-refractivity contribution is 5.79. The van der Waals surface area contributed by atoms with Crippen molar-refractivity contribution in [3.8, 4) is 0 Å². The molecule has 4 nitrogen and oxygen atoms in total. The molecule has 0 spiro atoms. The van der Waals surface area contributed by atoms with Gasteiger partial charge in [0.15, 0.2) is 5.96 Å². The zero-order valence-electron chi connectivity index (χ0n) is 12.5. The molecule has 0 saturated heterocycles. The molecule has 0 aliphatic carbocycles. The van der Waals surface area contributed by atoms with E-state index in [1.165, 1.54) is 0 Å². The van der Waals surface area contributed by atoms with E-state index < -0.39 is 0 Å². The fourth-order valence-electron chi connectivity index (χ4n) is 1.67. The van der Waals surface area contributed by atoms with Gasteiger partial charge in [0.05, 0.1) is 12.2 Å². The normalized spacial score (nSPS) is 11.7. The Kier molecular flexibility index (Phi) is 6.93. The quantitative estimate of drug-likeness (QED) is 0.612. The number of pyridine rings is 1. The lowest BCUT2D eigenvalue weighted by atomic mass is 10.1. The fourth-order valence-corrected chi connectivity index (χ4v) is 1.67. The highest BCUT2D eigenvalue weighted by Crippen LogP contribution is 2.00. The van der Waals surface area contributed by atoms with Gasteiger partial charge < -0.3 is 10.6 Å². The summed E-state index contributed by atoms with van der Waals surface area (Å²) in [5.74, 6) is 1.57. The Labute approximate surface area is 116 Å². The van der Waals surface area contributed by atoms with Crippen LogP contribution in [0.4, 0.5) is 0 Å². The summed E-state index contributed by atoms with van der Waals surface area (Å²) in [6.45, 7) is 11.0. The number of hydrogen-bond acceptors (Lipinski definition) is 2. The molecule has 1 aromatic heterocycles. The smallest absolute Gasteiger partial charge is 0.191 e. The molecule has 0 atom stereocenters. The maximum atomic E-state index is 4.55. The molecule has 0 radical (unpaired) electrons. The van der Waals surface area contributed by atoms with Gasteiger partial charge in [-0.3, -0.25) is 4.98 Å². The van der Waals surface area contributed by atoms with Crippen molar-refractivity contribution in [1.82, 2.24) is 15.6 Å². The lowest BCUT2D eigenvalue weighted by Crippen LogP contribution is -2.38. The van der Waals surface area contributed by atoms with Crippen LogP contribution in [0.3, 0.4) is 0 Å². The van der Waals surface area contributed by atoms with Crippen LogP contribution in [0.1, 0.15) is 38.6 Å². The van der Waals surface area contributed by atoms with Crippen LogP contribution in [-0.4, -0.2) is 24.0 Å².